The number of thiophene rings is 1. The van der Waals surface area contributed by atoms with E-state index in [4.69, 9.17) is 0 Å². The summed E-state index contributed by atoms with van der Waals surface area (Å²) in [7, 11) is 0. The largest absolute Gasteiger partial charge is 0.347 e. The zero-order chi connectivity index (χ0) is 16.4. The van der Waals surface area contributed by atoms with Gasteiger partial charge in [0.1, 0.15) is 5.69 Å². The molecule has 0 unspecified atom stereocenters. The third kappa shape index (κ3) is 3.41. The zero-order valence-electron chi connectivity index (χ0n) is 12.8. The highest BCUT2D eigenvalue weighted by Gasteiger charge is 2.18. The smallest absolute Gasteiger partial charge is 0.268 e. The molecule has 0 atom stereocenters. The van der Waals surface area contributed by atoms with Crippen LogP contribution < -0.4 is 5.32 Å². The Kier molecular flexibility index (Phi) is 4.68. The van der Waals surface area contributed by atoms with Crippen molar-refractivity contribution >= 4 is 43.4 Å². The first kappa shape index (κ1) is 16.0. The van der Waals surface area contributed by atoms with Crippen LogP contribution in [0.2, 0.25) is 0 Å². The molecule has 5 heteroatoms. The van der Waals surface area contributed by atoms with Gasteiger partial charge in [0.05, 0.1) is 14.7 Å². The highest BCUT2D eigenvalue weighted by molar-refractivity contribution is 9.10. The van der Waals surface area contributed by atoms with Crippen molar-refractivity contribution in [3.63, 3.8) is 0 Å². The fourth-order valence-corrected chi connectivity index (χ4v) is 4.22. The quantitative estimate of drug-likeness (QED) is 0.614. The van der Waals surface area contributed by atoms with Crippen LogP contribution in [0.1, 0.15) is 23.0 Å². The van der Waals surface area contributed by atoms with Crippen molar-refractivity contribution < 1.29 is 4.79 Å². The molecule has 3 aromatic rings. The van der Waals surface area contributed by atoms with E-state index < -0.39 is 0 Å². The standard InChI is InChI=1S/C18H17BrN2OS/c1-12(2)10-21-15(8-16-17(21)14(19)11-23-16)18(22)20-9-13-6-4-3-5-7-13/h3-8,11H,1,9-10H2,2H3,(H,20,22). The van der Waals surface area contributed by atoms with E-state index in [0.717, 1.165) is 25.8 Å². The number of amides is 1. The number of carbonyl (C=O) groups excluding carboxylic acids is 1. The number of carbonyl (C=O) groups is 1. The van der Waals surface area contributed by atoms with Crippen LogP contribution in [0.15, 0.2) is 58.4 Å². The van der Waals surface area contributed by atoms with Crippen LogP contribution in [0.25, 0.3) is 10.2 Å². The minimum Gasteiger partial charge on any atom is -0.347 e. The number of hydrogen-bond donors (Lipinski definition) is 1. The second-order valence-corrected chi connectivity index (χ2v) is 7.30. The number of rotatable bonds is 5. The Morgan fingerprint density at radius 1 is 1.35 bits per heavy atom. The monoisotopic (exact) mass is 388 g/mol. The van der Waals surface area contributed by atoms with Crippen LogP contribution in [-0.2, 0) is 13.1 Å². The van der Waals surface area contributed by atoms with Crippen LogP contribution in [0.3, 0.4) is 0 Å². The molecule has 1 aromatic carbocycles. The van der Waals surface area contributed by atoms with Gasteiger partial charge in [-0.05, 0) is 34.5 Å². The van der Waals surface area contributed by atoms with Gasteiger partial charge in [-0.3, -0.25) is 4.79 Å². The van der Waals surface area contributed by atoms with Crippen molar-refractivity contribution in [2.24, 2.45) is 0 Å². The zero-order valence-corrected chi connectivity index (χ0v) is 15.2. The number of nitrogens with one attached hydrogen (secondary N) is 1. The number of nitrogens with zero attached hydrogens (tertiary/aromatic N) is 1. The molecule has 0 saturated carbocycles. The molecule has 0 aliphatic carbocycles. The summed E-state index contributed by atoms with van der Waals surface area (Å²) in [4.78, 5) is 12.6. The molecule has 0 radical (unpaired) electrons. The van der Waals surface area contributed by atoms with E-state index in [-0.39, 0.29) is 5.91 Å². The van der Waals surface area contributed by atoms with Gasteiger partial charge in [0.2, 0.25) is 0 Å². The molecule has 118 valence electrons. The lowest BCUT2D eigenvalue weighted by molar-refractivity contribution is 0.0942. The SMILES string of the molecule is C=C(C)Cn1c(C(=O)NCc2ccccc2)cc2scc(Br)c21. The maximum absolute atomic E-state index is 12.6. The van der Waals surface area contributed by atoms with Crippen molar-refractivity contribution in [1.82, 2.24) is 9.88 Å². The Labute approximate surface area is 147 Å². The fraction of sp³-hybridized carbons (Fsp3) is 0.167. The molecule has 1 amide bonds. The minimum atomic E-state index is -0.0644. The van der Waals surface area contributed by atoms with E-state index in [1.54, 1.807) is 11.3 Å². The van der Waals surface area contributed by atoms with Gasteiger partial charge in [-0.1, -0.05) is 42.5 Å². The molecule has 2 heterocycles. The average molecular weight is 389 g/mol. The number of aromatic nitrogens is 1. The highest BCUT2D eigenvalue weighted by atomic mass is 79.9. The molecule has 0 saturated heterocycles. The molecular weight excluding hydrogens is 372 g/mol. The summed E-state index contributed by atoms with van der Waals surface area (Å²) >= 11 is 5.20. The fourth-order valence-electron chi connectivity index (χ4n) is 2.52. The van der Waals surface area contributed by atoms with Crippen molar-refractivity contribution in [2.75, 3.05) is 0 Å². The predicted molar refractivity (Wildman–Crippen MR) is 99.9 cm³/mol. The van der Waals surface area contributed by atoms with E-state index in [2.05, 4.69) is 27.8 Å². The molecule has 0 aliphatic heterocycles. The van der Waals surface area contributed by atoms with Crippen molar-refractivity contribution in [1.29, 1.82) is 0 Å². The molecule has 0 fully saturated rings. The Morgan fingerprint density at radius 2 is 2.09 bits per heavy atom. The molecule has 3 rings (SSSR count). The van der Waals surface area contributed by atoms with Crippen LogP contribution in [-0.4, -0.2) is 10.5 Å². The number of fused-ring (bicyclic) bond motifs is 1. The summed E-state index contributed by atoms with van der Waals surface area (Å²) < 4.78 is 4.14. The molecule has 0 spiro atoms. The average Bonchev–Trinajstić information content (AvgIpc) is 3.07. The van der Waals surface area contributed by atoms with Crippen LogP contribution in [0.5, 0.6) is 0 Å². The highest BCUT2D eigenvalue weighted by Crippen LogP contribution is 2.33. The molecule has 1 N–H and O–H groups in total. The first-order valence-corrected chi connectivity index (χ1v) is 8.96. The first-order chi connectivity index (χ1) is 11.1. The molecule has 0 bridgehead atoms. The van der Waals surface area contributed by atoms with Crippen molar-refractivity contribution in [3.05, 3.63) is 69.7 Å². The van der Waals surface area contributed by atoms with Gasteiger partial charge >= 0.3 is 0 Å². The summed E-state index contributed by atoms with van der Waals surface area (Å²) in [6, 6.07) is 11.9. The molecular formula is C18H17BrN2OS. The first-order valence-electron chi connectivity index (χ1n) is 7.29. The Hall–Kier alpha value is -1.85. The summed E-state index contributed by atoms with van der Waals surface area (Å²) in [5, 5.41) is 5.05. The lowest BCUT2D eigenvalue weighted by Gasteiger charge is -2.11. The van der Waals surface area contributed by atoms with Gasteiger partial charge in [-0.2, -0.15) is 0 Å². The van der Waals surface area contributed by atoms with Gasteiger partial charge in [0.25, 0.3) is 5.91 Å². The second-order valence-electron chi connectivity index (χ2n) is 5.54. The van der Waals surface area contributed by atoms with E-state index in [1.165, 1.54) is 0 Å². The minimum absolute atomic E-state index is 0.0644. The summed E-state index contributed by atoms with van der Waals surface area (Å²) in [6.45, 7) is 7.10. The van der Waals surface area contributed by atoms with E-state index in [1.807, 2.05) is 53.3 Å². The molecule has 23 heavy (non-hydrogen) atoms. The van der Waals surface area contributed by atoms with Gasteiger partial charge in [-0.25, -0.2) is 0 Å². The van der Waals surface area contributed by atoms with Crippen molar-refractivity contribution in [3.8, 4) is 0 Å². The normalized spacial score (nSPS) is 10.9. The van der Waals surface area contributed by atoms with Crippen LogP contribution >= 0.6 is 27.3 Å². The van der Waals surface area contributed by atoms with Gasteiger partial charge in [0.15, 0.2) is 0 Å². The third-order valence-corrected chi connectivity index (χ3v) is 5.36. The lowest BCUT2D eigenvalue weighted by Crippen LogP contribution is -2.25. The maximum Gasteiger partial charge on any atom is 0.268 e. The van der Waals surface area contributed by atoms with Crippen LogP contribution in [0.4, 0.5) is 0 Å². The molecule has 0 aliphatic rings. The molecule has 3 nitrogen and oxygen atoms in total. The Morgan fingerprint density at radius 3 is 2.78 bits per heavy atom. The number of hydrogen-bond acceptors (Lipinski definition) is 2. The summed E-state index contributed by atoms with van der Waals surface area (Å²) in [5.74, 6) is -0.0644. The summed E-state index contributed by atoms with van der Waals surface area (Å²) in [6.07, 6.45) is 0. The Bertz CT molecular complexity index is 864. The number of halogens is 1. The lowest BCUT2D eigenvalue weighted by atomic mass is 10.2. The molecule has 2 aromatic heterocycles. The third-order valence-electron chi connectivity index (χ3n) is 3.53. The number of benzene rings is 1. The van der Waals surface area contributed by atoms with Crippen LogP contribution in [0, 0.1) is 0 Å². The number of allylic oxidation sites excluding steroid dienone is 1. The van der Waals surface area contributed by atoms with Gasteiger partial charge in [0, 0.05) is 18.5 Å². The van der Waals surface area contributed by atoms with E-state index >= 15 is 0 Å². The van der Waals surface area contributed by atoms with Crippen molar-refractivity contribution in [2.45, 2.75) is 20.0 Å². The topological polar surface area (TPSA) is 34.0 Å². The summed E-state index contributed by atoms with van der Waals surface area (Å²) in [5.41, 5.74) is 3.83. The maximum atomic E-state index is 12.6. The van der Waals surface area contributed by atoms with Gasteiger partial charge < -0.3 is 9.88 Å². The second kappa shape index (κ2) is 6.72. The predicted octanol–water partition coefficient (Wildman–Crippen LogP) is 4.97. The van der Waals surface area contributed by atoms with E-state index in [0.29, 0.717) is 18.8 Å². The Balaban J connectivity index is 1.89. The van der Waals surface area contributed by atoms with Gasteiger partial charge in [-0.15, -0.1) is 11.3 Å². The van der Waals surface area contributed by atoms with E-state index in [9.17, 15) is 4.79 Å².